The lowest BCUT2D eigenvalue weighted by Crippen LogP contribution is -2.20. The van der Waals surface area contributed by atoms with Crippen LogP contribution in [0.1, 0.15) is 16.7 Å². The highest BCUT2D eigenvalue weighted by atomic mass is 16.5. The number of nitrogens with zero attached hydrogens (tertiary/aromatic N) is 1. The Labute approximate surface area is 159 Å². The zero-order valence-electron chi connectivity index (χ0n) is 15.5. The number of benzene rings is 2. The average Bonchev–Trinajstić information content (AvgIpc) is 2.68. The van der Waals surface area contributed by atoms with Crippen molar-refractivity contribution in [1.29, 1.82) is 0 Å². The molecule has 0 aliphatic rings. The number of rotatable bonds is 7. The molecule has 0 aliphatic carbocycles. The molecule has 5 heteroatoms. The maximum atomic E-state index is 12.0. The van der Waals surface area contributed by atoms with E-state index in [0.717, 1.165) is 11.4 Å². The second kappa shape index (κ2) is 8.85. The molecule has 27 heavy (non-hydrogen) atoms. The smallest absolute Gasteiger partial charge is 0.262 e. The number of hydrogen-bond acceptors (Lipinski definition) is 4. The van der Waals surface area contributed by atoms with Crippen LogP contribution >= 0.6 is 0 Å². The van der Waals surface area contributed by atoms with Crippen molar-refractivity contribution in [3.8, 4) is 5.75 Å². The number of ether oxygens (including phenoxy) is 1. The van der Waals surface area contributed by atoms with E-state index in [1.54, 1.807) is 6.20 Å². The van der Waals surface area contributed by atoms with Crippen molar-refractivity contribution in [2.45, 2.75) is 20.4 Å². The molecule has 5 nitrogen and oxygen atoms in total. The normalized spacial score (nSPS) is 10.3. The molecule has 0 bridgehead atoms. The summed E-state index contributed by atoms with van der Waals surface area (Å²) in [7, 11) is 0. The van der Waals surface area contributed by atoms with Gasteiger partial charge in [0.05, 0.1) is 11.9 Å². The van der Waals surface area contributed by atoms with E-state index < -0.39 is 0 Å². The molecule has 0 saturated heterocycles. The molecular weight excluding hydrogens is 338 g/mol. The number of aryl methyl sites for hydroxylation is 2. The Kier molecular flexibility index (Phi) is 6.05. The summed E-state index contributed by atoms with van der Waals surface area (Å²) in [6.07, 6.45) is 1.63. The number of carbonyl (C=O) groups excluding carboxylic acids is 1. The Hall–Kier alpha value is -3.34. The number of amides is 1. The summed E-state index contributed by atoms with van der Waals surface area (Å²) >= 11 is 0. The summed E-state index contributed by atoms with van der Waals surface area (Å²) in [6, 6.07) is 19.5. The van der Waals surface area contributed by atoms with E-state index in [9.17, 15) is 4.79 Å². The van der Waals surface area contributed by atoms with Crippen LogP contribution in [-0.4, -0.2) is 17.5 Å². The lowest BCUT2D eigenvalue weighted by molar-refractivity contribution is -0.118. The van der Waals surface area contributed by atoms with Gasteiger partial charge in [-0.15, -0.1) is 0 Å². The van der Waals surface area contributed by atoms with Crippen molar-refractivity contribution in [2.75, 3.05) is 17.2 Å². The first-order valence-electron chi connectivity index (χ1n) is 8.84. The molecule has 0 atom stereocenters. The summed E-state index contributed by atoms with van der Waals surface area (Å²) in [4.78, 5) is 16.3. The van der Waals surface area contributed by atoms with Gasteiger partial charge in [0.1, 0.15) is 11.6 Å². The van der Waals surface area contributed by atoms with Gasteiger partial charge in [-0.05, 0) is 49.2 Å². The van der Waals surface area contributed by atoms with Crippen LogP contribution in [0.2, 0.25) is 0 Å². The van der Waals surface area contributed by atoms with Crippen molar-refractivity contribution in [2.24, 2.45) is 0 Å². The first-order chi connectivity index (χ1) is 13.1. The molecule has 138 valence electrons. The van der Waals surface area contributed by atoms with E-state index in [1.807, 2.05) is 55.5 Å². The van der Waals surface area contributed by atoms with Gasteiger partial charge in [-0.1, -0.05) is 42.0 Å². The second-order valence-corrected chi connectivity index (χ2v) is 6.36. The molecule has 0 saturated carbocycles. The van der Waals surface area contributed by atoms with E-state index in [2.05, 4.69) is 34.7 Å². The third-order valence-electron chi connectivity index (χ3n) is 4.16. The molecular formula is C22H23N3O2. The fourth-order valence-electron chi connectivity index (χ4n) is 2.55. The molecule has 1 amide bonds. The first kappa shape index (κ1) is 18.5. The maximum Gasteiger partial charge on any atom is 0.262 e. The monoisotopic (exact) mass is 361 g/mol. The molecule has 0 aliphatic heterocycles. The summed E-state index contributed by atoms with van der Waals surface area (Å²) < 4.78 is 5.47. The number of carbonyl (C=O) groups is 1. The predicted octanol–water partition coefficient (Wildman–Crippen LogP) is 4.33. The first-order valence-corrected chi connectivity index (χ1v) is 8.84. The molecule has 3 rings (SSSR count). The van der Waals surface area contributed by atoms with Gasteiger partial charge in [-0.2, -0.15) is 0 Å². The quantitative estimate of drug-likeness (QED) is 0.657. The second-order valence-electron chi connectivity index (χ2n) is 6.36. The molecule has 0 unspecified atom stereocenters. The number of hydrogen-bond donors (Lipinski definition) is 2. The van der Waals surface area contributed by atoms with Crippen molar-refractivity contribution in [3.63, 3.8) is 0 Å². The van der Waals surface area contributed by atoms with Gasteiger partial charge in [-0.3, -0.25) is 4.79 Å². The van der Waals surface area contributed by atoms with Crippen LogP contribution in [0.15, 0.2) is 66.9 Å². The van der Waals surface area contributed by atoms with E-state index in [-0.39, 0.29) is 12.5 Å². The molecule has 3 aromatic rings. The van der Waals surface area contributed by atoms with Crippen LogP contribution in [0.4, 0.5) is 11.5 Å². The van der Waals surface area contributed by atoms with Gasteiger partial charge in [0.25, 0.3) is 5.91 Å². The van der Waals surface area contributed by atoms with Crippen LogP contribution in [0, 0.1) is 13.8 Å². The highest BCUT2D eigenvalue weighted by Gasteiger charge is 2.05. The Morgan fingerprint density at radius 3 is 2.48 bits per heavy atom. The molecule has 1 heterocycles. The van der Waals surface area contributed by atoms with Gasteiger partial charge in [0.2, 0.25) is 0 Å². The maximum absolute atomic E-state index is 12.0. The van der Waals surface area contributed by atoms with Crippen LogP contribution < -0.4 is 15.4 Å². The summed E-state index contributed by atoms with van der Waals surface area (Å²) in [5.41, 5.74) is 4.25. The minimum atomic E-state index is -0.224. The fourth-order valence-corrected chi connectivity index (χ4v) is 2.55. The van der Waals surface area contributed by atoms with Crippen molar-refractivity contribution in [1.82, 2.24) is 4.98 Å². The number of aromatic nitrogens is 1. The SMILES string of the molecule is Cc1ccc(OCC(=O)Nc2ccc(NCc3ccccc3C)nc2)cc1. The van der Waals surface area contributed by atoms with E-state index >= 15 is 0 Å². The molecule has 0 fully saturated rings. The molecule has 0 radical (unpaired) electrons. The number of nitrogens with one attached hydrogen (secondary N) is 2. The lowest BCUT2D eigenvalue weighted by Gasteiger charge is -2.10. The van der Waals surface area contributed by atoms with Gasteiger partial charge in [0, 0.05) is 6.54 Å². The van der Waals surface area contributed by atoms with Crippen LogP contribution in [-0.2, 0) is 11.3 Å². The minimum Gasteiger partial charge on any atom is -0.484 e. The minimum absolute atomic E-state index is 0.0453. The van der Waals surface area contributed by atoms with E-state index in [1.165, 1.54) is 11.1 Å². The van der Waals surface area contributed by atoms with Gasteiger partial charge in [0.15, 0.2) is 6.61 Å². The highest BCUT2D eigenvalue weighted by molar-refractivity contribution is 5.91. The van der Waals surface area contributed by atoms with Gasteiger partial charge < -0.3 is 15.4 Å². The van der Waals surface area contributed by atoms with Crippen LogP contribution in [0.25, 0.3) is 0 Å². The summed E-state index contributed by atoms with van der Waals surface area (Å²) in [5.74, 6) is 1.20. The van der Waals surface area contributed by atoms with Crippen molar-refractivity contribution in [3.05, 3.63) is 83.6 Å². The van der Waals surface area contributed by atoms with Gasteiger partial charge >= 0.3 is 0 Å². The number of anilines is 2. The fraction of sp³-hybridized carbons (Fsp3) is 0.182. The van der Waals surface area contributed by atoms with Crippen molar-refractivity contribution < 1.29 is 9.53 Å². The zero-order chi connectivity index (χ0) is 19.1. The van der Waals surface area contributed by atoms with Crippen LogP contribution in [0.5, 0.6) is 5.75 Å². The molecule has 0 spiro atoms. The van der Waals surface area contributed by atoms with Crippen LogP contribution in [0.3, 0.4) is 0 Å². The topological polar surface area (TPSA) is 63.2 Å². The molecule has 1 aromatic heterocycles. The third kappa shape index (κ3) is 5.57. The molecule has 2 N–H and O–H groups in total. The molecule has 2 aromatic carbocycles. The van der Waals surface area contributed by atoms with E-state index in [4.69, 9.17) is 4.74 Å². The van der Waals surface area contributed by atoms with E-state index in [0.29, 0.717) is 18.0 Å². The van der Waals surface area contributed by atoms with Gasteiger partial charge in [-0.25, -0.2) is 4.98 Å². The average molecular weight is 361 g/mol. The Morgan fingerprint density at radius 2 is 1.78 bits per heavy atom. The summed E-state index contributed by atoms with van der Waals surface area (Å²) in [5, 5.41) is 6.06. The summed E-state index contributed by atoms with van der Waals surface area (Å²) in [6.45, 7) is 4.75. The lowest BCUT2D eigenvalue weighted by atomic mass is 10.1. The highest BCUT2D eigenvalue weighted by Crippen LogP contribution is 2.14. The predicted molar refractivity (Wildman–Crippen MR) is 108 cm³/mol. The van der Waals surface area contributed by atoms with Crippen molar-refractivity contribution >= 4 is 17.4 Å². The number of pyridine rings is 1. The Bertz CT molecular complexity index is 890. The Balaban J connectivity index is 1.47. The largest absolute Gasteiger partial charge is 0.484 e. The third-order valence-corrected chi connectivity index (χ3v) is 4.16. The Morgan fingerprint density at radius 1 is 1.00 bits per heavy atom. The zero-order valence-corrected chi connectivity index (χ0v) is 15.5. The standard InChI is InChI=1S/C22H23N3O2/c1-16-7-10-20(11-8-16)27-15-22(26)25-19-9-12-21(24-14-19)23-13-18-6-4-3-5-17(18)2/h3-12,14H,13,15H2,1-2H3,(H,23,24)(H,25,26).